The van der Waals surface area contributed by atoms with E-state index < -0.39 is 5.91 Å². The molecule has 2 aliphatic heterocycles. The van der Waals surface area contributed by atoms with Gasteiger partial charge in [0, 0.05) is 19.1 Å². The van der Waals surface area contributed by atoms with Gasteiger partial charge in [-0.25, -0.2) is 4.79 Å². The second-order valence-corrected chi connectivity index (χ2v) is 7.54. The monoisotopic (exact) mass is 377 g/mol. The maximum atomic E-state index is 12.3. The van der Waals surface area contributed by atoms with Gasteiger partial charge in [0.05, 0.1) is 18.8 Å². The average Bonchev–Trinajstić information content (AvgIpc) is 3.29. The molecule has 0 radical (unpaired) electrons. The maximum absolute atomic E-state index is 12.3. The fourth-order valence-corrected chi connectivity index (χ4v) is 3.80. The van der Waals surface area contributed by atoms with E-state index in [2.05, 4.69) is 19.2 Å². The van der Waals surface area contributed by atoms with Gasteiger partial charge in [0.1, 0.15) is 6.61 Å². The third-order valence-corrected chi connectivity index (χ3v) is 5.10. The molecule has 0 unspecified atom stereocenters. The molecule has 0 saturated carbocycles. The molecule has 3 heterocycles. The van der Waals surface area contributed by atoms with Crippen molar-refractivity contribution in [2.75, 3.05) is 26.2 Å². The molecule has 1 atom stereocenters. The molecule has 0 spiro atoms. The second kappa shape index (κ2) is 8.45. The van der Waals surface area contributed by atoms with Crippen LogP contribution < -0.4 is 5.32 Å². The normalized spacial score (nSPS) is 20.9. The third-order valence-electron chi connectivity index (χ3n) is 5.10. The number of furan rings is 1. The number of rotatable bonds is 6. The van der Waals surface area contributed by atoms with Crippen molar-refractivity contribution in [2.24, 2.45) is 5.92 Å². The Morgan fingerprint density at radius 1 is 1.30 bits per heavy atom. The van der Waals surface area contributed by atoms with Crippen molar-refractivity contribution in [3.05, 3.63) is 24.2 Å². The zero-order chi connectivity index (χ0) is 19.4. The highest BCUT2D eigenvalue weighted by Gasteiger charge is 2.39. The summed E-state index contributed by atoms with van der Waals surface area (Å²) in [6.07, 6.45) is 3.54. The molecule has 2 saturated heterocycles. The van der Waals surface area contributed by atoms with Gasteiger partial charge in [-0.3, -0.25) is 14.5 Å². The van der Waals surface area contributed by atoms with E-state index in [4.69, 9.17) is 9.15 Å². The van der Waals surface area contributed by atoms with Gasteiger partial charge in [-0.2, -0.15) is 0 Å². The van der Waals surface area contributed by atoms with Gasteiger partial charge >= 0.3 is 6.09 Å². The first kappa shape index (κ1) is 19.3. The zero-order valence-corrected chi connectivity index (χ0v) is 15.8. The number of piperidine rings is 1. The van der Waals surface area contributed by atoms with E-state index in [-0.39, 0.29) is 36.4 Å². The minimum atomic E-state index is -0.403. The third kappa shape index (κ3) is 4.61. The molecule has 148 valence electrons. The van der Waals surface area contributed by atoms with Crippen LogP contribution >= 0.6 is 0 Å². The van der Waals surface area contributed by atoms with Gasteiger partial charge in [0.15, 0.2) is 5.76 Å². The second-order valence-electron chi connectivity index (χ2n) is 7.54. The lowest BCUT2D eigenvalue weighted by molar-refractivity contribution is -0.131. The summed E-state index contributed by atoms with van der Waals surface area (Å²) >= 11 is 0. The van der Waals surface area contributed by atoms with Gasteiger partial charge in [0.25, 0.3) is 5.91 Å². The molecule has 8 nitrogen and oxygen atoms in total. The van der Waals surface area contributed by atoms with Crippen LogP contribution in [-0.2, 0) is 9.53 Å². The highest BCUT2D eigenvalue weighted by molar-refractivity contribution is 5.94. The van der Waals surface area contributed by atoms with E-state index in [1.165, 1.54) is 6.26 Å². The lowest BCUT2D eigenvalue weighted by Crippen LogP contribution is -2.51. The molecule has 0 aromatic carbocycles. The first-order valence-electron chi connectivity index (χ1n) is 9.50. The first-order valence-corrected chi connectivity index (χ1v) is 9.50. The van der Waals surface area contributed by atoms with Crippen LogP contribution in [0.25, 0.3) is 0 Å². The van der Waals surface area contributed by atoms with Gasteiger partial charge in [0.2, 0.25) is 5.91 Å². The Hall–Kier alpha value is -2.51. The number of carbonyl (C=O) groups excluding carboxylic acids is 3. The van der Waals surface area contributed by atoms with Crippen molar-refractivity contribution in [1.29, 1.82) is 0 Å². The van der Waals surface area contributed by atoms with Crippen molar-refractivity contribution in [3.63, 3.8) is 0 Å². The zero-order valence-electron chi connectivity index (χ0n) is 15.8. The minimum absolute atomic E-state index is 0.0636. The lowest BCUT2D eigenvalue weighted by atomic mass is 9.98. The highest BCUT2D eigenvalue weighted by atomic mass is 16.6. The number of nitrogens with zero attached hydrogens (tertiary/aromatic N) is 2. The number of nitrogens with one attached hydrogen (secondary N) is 1. The summed E-state index contributed by atoms with van der Waals surface area (Å²) in [4.78, 5) is 39.9. The molecule has 27 heavy (non-hydrogen) atoms. The molecular weight excluding hydrogens is 350 g/mol. The van der Waals surface area contributed by atoms with Crippen molar-refractivity contribution in [1.82, 2.24) is 15.1 Å². The van der Waals surface area contributed by atoms with E-state index in [9.17, 15) is 14.4 Å². The van der Waals surface area contributed by atoms with Crippen LogP contribution in [0, 0.1) is 5.92 Å². The Bertz CT molecular complexity index is 665. The molecule has 3 rings (SSSR count). The molecule has 0 bridgehead atoms. The van der Waals surface area contributed by atoms with Crippen LogP contribution in [0.2, 0.25) is 0 Å². The summed E-state index contributed by atoms with van der Waals surface area (Å²) in [5.41, 5.74) is 0. The van der Waals surface area contributed by atoms with Gasteiger partial charge in [-0.15, -0.1) is 0 Å². The topological polar surface area (TPSA) is 92.1 Å². The molecule has 8 heteroatoms. The smallest absolute Gasteiger partial charge is 0.410 e. The number of ether oxygens (including phenoxy) is 1. The Balaban J connectivity index is 1.47. The van der Waals surface area contributed by atoms with Gasteiger partial charge in [-0.05, 0) is 37.3 Å². The Labute approximate surface area is 158 Å². The lowest BCUT2D eigenvalue weighted by Gasteiger charge is -2.38. The predicted molar refractivity (Wildman–Crippen MR) is 97.1 cm³/mol. The highest BCUT2D eigenvalue weighted by Crippen LogP contribution is 2.27. The molecule has 2 fully saturated rings. The van der Waals surface area contributed by atoms with E-state index in [1.54, 1.807) is 17.0 Å². The van der Waals surface area contributed by atoms with Crippen molar-refractivity contribution in [2.45, 2.75) is 45.2 Å². The number of carbonyl (C=O) groups is 3. The van der Waals surface area contributed by atoms with Crippen molar-refractivity contribution in [3.8, 4) is 0 Å². The SMILES string of the molecule is CC(C)C[C@@H]1COC(=O)N1C1CCN(C(=O)CNC(=O)c2ccco2)CC1. The Kier molecular flexibility index (Phi) is 6.03. The summed E-state index contributed by atoms with van der Waals surface area (Å²) in [7, 11) is 0. The van der Waals surface area contributed by atoms with Crippen LogP contribution in [0.1, 0.15) is 43.7 Å². The number of likely N-dealkylation sites (tertiary alicyclic amines) is 1. The molecule has 2 aliphatic rings. The molecule has 3 amide bonds. The van der Waals surface area contributed by atoms with Crippen molar-refractivity contribution >= 4 is 17.9 Å². The molecule has 1 N–H and O–H groups in total. The summed E-state index contributed by atoms with van der Waals surface area (Å²) < 4.78 is 10.3. The minimum Gasteiger partial charge on any atom is -0.459 e. The molecular formula is C19H27N3O5. The van der Waals surface area contributed by atoms with E-state index in [0.717, 1.165) is 19.3 Å². The number of hydrogen-bond acceptors (Lipinski definition) is 5. The largest absolute Gasteiger partial charge is 0.459 e. The average molecular weight is 377 g/mol. The van der Waals surface area contributed by atoms with Crippen LogP contribution in [-0.4, -0.2) is 66.0 Å². The number of hydrogen-bond donors (Lipinski definition) is 1. The fourth-order valence-electron chi connectivity index (χ4n) is 3.80. The summed E-state index contributed by atoms with van der Waals surface area (Å²) in [5, 5.41) is 2.58. The summed E-state index contributed by atoms with van der Waals surface area (Å²) in [5.74, 6) is 0.146. The first-order chi connectivity index (χ1) is 13.0. The van der Waals surface area contributed by atoms with Gasteiger partial charge in [-0.1, -0.05) is 13.8 Å². The van der Waals surface area contributed by atoms with Crippen LogP contribution in [0.3, 0.4) is 0 Å². The van der Waals surface area contributed by atoms with Gasteiger partial charge < -0.3 is 19.4 Å². The van der Waals surface area contributed by atoms with Crippen LogP contribution in [0.5, 0.6) is 0 Å². The number of amides is 3. The van der Waals surface area contributed by atoms with Crippen molar-refractivity contribution < 1.29 is 23.5 Å². The quantitative estimate of drug-likeness (QED) is 0.817. The molecule has 0 aliphatic carbocycles. The van der Waals surface area contributed by atoms with E-state index >= 15 is 0 Å². The summed E-state index contributed by atoms with van der Waals surface area (Å²) in [6.45, 7) is 5.80. The standard InChI is InChI=1S/C19H27N3O5/c1-13(2)10-15-12-27-19(25)22(15)14-5-7-21(8-6-14)17(23)11-20-18(24)16-4-3-9-26-16/h3-4,9,13-15H,5-8,10-12H2,1-2H3,(H,20,24)/t15-/m1/s1. The van der Waals surface area contributed by atoms with Crippen LogP contribution in [0.15, 0.2) is 22.8 Å². The predicted octanol–water partition coefficient (Wildman–Crippen LogP) is 1.87. The fraction of sp³-hybridized carbons (Fsp3) is 0.632. The number of cyclic esters (lactones) is 1. The maximum Gasteiger partial charge on any atom is 0.410 e. The molecule has 1 aromatic heterocycles. The Morgan fingerprint density at radius 3 is 2.67 bits per heavy atom. The van der Waals surface area contributed by atoms with E-state index in [0.29, 0.717) is 25.6 Å². The Morgan fingerprint density at radius 2 is 2.04 bits per heavy atom. The summed E-state index contributed by atoms with van der Waals surface area (Å²) in [6, 6.07) is 3.40. The van der Waals surface area contributed by atoms with E-state index in [1.807, 2.05) is 4.90 Å². The van der Waals surface area contributed by atoms with Crippen LogP contribution in [0.4, 0.5) is 4.79 Å². The molecule has 1 aromatic rings.